The first-order chi connectivity index (χ1) is 10.8. The molecule has 0 aliphatic rings. The van der Waals surface area contributed by atoms with E-state index in [9.17, 15) is 4.79 Å². The second-order valence-corrected chi connectivity index (χ2v) is 5.75. The molecular formula is C18H24N2O2. The minimum atomic E-state index is -0.680. The Kier molecular flexibility index (Phi) is 6.81. The Morgan fingerprint density at radius 3 is 2.23 bits per heavy atom. The fourth-order valence-electron chi connectivity index (χ4n) is 2.65. The van der Waals surface area contributed by atoms with Gasteiger partial charge in [0, 0.05) is 18.8 Å². The number of carboxylic acid groups (broad SMARTS) is 1. The van der Waals surface area contributed by atoms with Crippen LogP contribution in [0.5, 0.6) is 0 Å². The lowest BCUT2D eigenvalue weighted by atomic mass is 10.0. The number of nitrogens with zero attached hydrogens (tertiary/aromatic N) is 2. The standard InChI is InChI=1S/C18H24N2O2/c21-18(22)9-7-5-3-1-2-4-6-8-15-10-11-16-17(14-15)20-13-12-19-16/h10-14H,1-9H2,(H,21,22). The minimum absolute atomic E-state index is 0.310. The van der Waals surface area contributed by atoms with Crippen molar-refractivity contribution in [2.24, 2.45) is 0 Å². The average molecular weight is 300 g/mol. The van der Waals surface area contributed by atoms with Crippen LogP contribution in [0.1, 0.15) is 56.9 Å². The molecule has 1 heterocycles. The van der Waals surface area contributed by atoms with Gasteiger partial charge in [0.1, 0.15) is 0 Å². The van der Waals surface area contributed by atoms with Crippen LogP contribution in [0.4, 0.5) is 0 Å². The maximum absolute atomic E-state index is 10.4. The number of rotatable bonds is 10. The molecule has 0 radical (unpaired) electrons. The fraction of sp³-hybridized carbons (Fsp3) is 0.500. The van der Waals surface area contributed by atoms with Crippen molar-refractivity contribution in [3.63, 3.8) is 0 Å². The van der Waals surface area contributed by atoms with Crippen LogP contribution in [0.2, 0.25) is 0 Å². The first-order valence-corrected chi connectivity index (χ1v) is 8.17. The lowest BCUT2D eigenvalue weighted by Crippen LogP contribution is -1.93. The van der Waals surface area contributed by atoms with Crippen LogP contribution in [0, 0.1) is 0 Å². The zero-order valence-corrected chi connectivity index (χ0v) is 13.0. The van der Waals surface area contributed by atoms with E-state index in [4.69, 9.17) is 5.11 Å². The normalized spacial score (nSPS) is 10.9. The highest BCUT2D eigenvalue weighted by Gasteiger charge is 1.99. The predicted octanol–water partition coefficient (Wildman–Crippen LogP) is 4.38. The lowest BCUT2D eigenvalue weighted by Gasteiger charge is -2.04. The third kappa shape index (κ3) is 5.80. The molecule has 1 N–H and O–H groups in total. The highest BCUT2D eigenvalue weighted by atomic mass is 16.4. The summed E-state index contributed by atoms with van der Waals surface area (Å²) in [4.78, 5) is 19.0. The molecule has 1 aromatic heterocycles. The van der Waals surface area contributed by atoms with Crippen LogP contribution in [-0.4, -0.2) is 21.0 Å². The third-order valence-electron chi connectivity index (χ3n) is 3.89. The molecule has 0 aliphatic heterocycles. The fourth-order valence-corrected chi connectivity index (χ4v) is 2.65. The second-order valence-electron chi connectivity index (χ2n) is 5.75. The summed E-state index contributed by atoms with van der Waals surface area (Å²) in [6, 6.07) is 6.32. The average Bonchev–Trinajstić information content (AvgIpc) is 2.53. The molecule has 0 bridgehead atoms. The number of carboxylic acids is 1. The van der Waals surface area contributed by atoms with Crippen molar-refractivity contribution in [2.45, 2.75) is 57.8 Å². The maximum atomic E-state index is 10.4. The van der Waals surface area contributed by atoms with E-state index in [1.807, 2.05) is 6.07 Å². The Bertz CT molecular complexity index is 598. The van der Waals surface area contributed by atoms with Crippen LogP contribution >= 0.6 is 0 Å². The van der Waals surface area contributed by atoms with E-state index < -0.39 is 5.97 Å². The quantitative estimate of drug-likeness (QED) is 0.661. The van der Waals surface area contributed by atoms with Gasteiger partial charge in [-0.3, -0.25) is 14.8 Å². The van der Waals surface area contributed by atoms with E-state index >= 15 is 0 Å². The molecule has 118 valence electrons. The van der Waals surface area contributed by atoms with Crippen molar-refractivity contribution in [2.75, 3.05) is 0 Å². The summed E-state index contributed by atoms with van der Waals surface area (Å²) in [5.41, 5.74) is 3.25. The van der Waals surface area contributed by atoms with Gasteiger partial charge in [-0.1, -0.05) is 38.2 Å². The summed E-state index contributed by atoms with van der Waals surface area (Å²) >= 11 is 0. The smallest absolute Gasteiger partial charge is 0.303 e. The van der Waals surface area contributed by atoms with Crippen molar-refractivity contribution in [1.82, 2.24) is 9.97 Å². The van der Waals surface area contributed by atoms with Gasteiger partial charge in [0.2, 0.25) is 0 Å². The zero-order chi connectivity index (χ0) is 15.6. The van der Waals surface area contributed by atoms with Crippen molar-refractivity contribution >= 4 is 17.0 Å². The summed E-state index contributed by atoms with van der Waals surface area (Å²) in [5, 5.41) is 8.55. The third-order valence-corrected chi connectivity index (χ3v) is 3.89. The number of fused-ring (bicyclic) bond motifs is 1. The molecule has 22 heavy (non-hydrogen) atoms. The zero-order valence-electron chi connectivity index (χ0n) is 13.0. The first kappa shape index (κ1) is 16.4. The number of aromatic nitrogens is 2. The number of aliphatic carboxylic acids is 1. The maximum Gasteiger partial charge on any atom is 0.303 e. The topological polar surface area (TPSA) is 63.1 Å². The molecule has 0 saturated carbocycles. The summed E-state index contributed by atoms with van der Waals surface area (Å²) in [5.74, 6) is -0.680. The number of hydrogen-bond acceptors (Lipinski definition) is 3. The lowest BCUT2D eigenvalue weighted by molar-refractivity contribution is -0.137. The monoisotopic (exact) mass is 300 g/mol. The SMILES string of the molecule is O=C(O)CCCCCCCCCc1ccc2nccnc2c1. The summed E-state index contributed by atoms with van der Waals surface area (Å²) in [6.45, 7) is 0. The molecular weight excluding hydrogens is 276 g/mol. The van der Waals surface area contributed by atoms with E-state index in [1.165, 1.54) is 31.2 Å². The molecule has 0 atom stereocenters. The molecule has 0 fully saturated rings. The van der Waals surface area contributed by atoms with Gasteiger partial charge in [0.05, 0.1) is 11.0 Å². The van der Waals surface area contributed by atoms with Gasteiger partial charge in [-0.05, 0) is 37.0 Å². The van der Waals surface area contributed by atoms with Crippen molar-refractivity contribution in [3.8, 4) is 0 Å². The van der Waals surface area contributed by atoms with Gasteiger partial charge in [-0.25, -0.2) is 0 Å². The molecule has 1 aromatic carbocycles. The molecule has 2 aromatic rings. The number of aryl methyl sites for hydroxylation is 1. The Morgan fingerprint density at radius 2 is 1.50 bits per heavy atom. The van der Waals surface area contributed by atoms with Crippen LogP contribution in [0.25, 0.3) is 11.0 Å². The molecule has 0 amide bonds. The number of carbonyl (C=O) groups is 1. The Hall–Kier alpha value is -1.97. The van der Waals surface area contributed by atoms with Gasteiger partial charge in [0.25, 0.3) is 0 Å². The van der Waals surface area contributed by atoms with Gasteiger partial charge >= 0.3 is 5.97 Å². The van der Waals surface area contributed by atoms with Crippen molar-refractivity contribution in [3.05, 3.63) is 36.2 Å². The minimum Gasteiger partial charge on any atom is -0.481 e. The van der Waals surface area contributed by atoms with E-state index in [-0.39, 0.29) is 0 Å². The molecule has 0 aliphatic carbocycles. The number of benzene rings is 1. The van der Waals surface area contributed by atoms with Crippen LogP contribution in [0.15, 0.2) is 30.6 Å². The Balaban J connectivity index is 1.57. The highest BCUT2D eigenvalue weighted by molar-refractivity contribution is 5.74. The van der Waals surface area contributed by atoms with Gasteiger partial charge in [0.15, 0.2) is 0 Å². The Morgan fingerprint density at radius 1 is 0.864 bits per heavy atom. The molecule has 4 heteroatoms. The molecule has 0 spiro atoms. The summed E-state index contributed by atoms with van der Waals surface area (Å²) in [7, 11) is 0. The number of hydrogen-bond donors (Lipinski definition) is 1. The van der Waals surface area contributed by atoms with E-state index in [0.717, 1.165) is 36.7 Å². The van der Waals surface area contributed by atoms with Crippen LogP contribution in [-0.2, 0) is 11.2 Å². The molecule has 0 saturated heterocycles. The van der Waals surface area contributed by atoms with E-state index in [1.54, 1.807) is 12.4 Å². The summed E-state index contributed by atoms with van der Waals surface area (Å²) < 4.78 is 0. The van der Waals surface area contributed by atoms with Crippen LogP contribution in [0.3, 0.4) is 0 Å². The van der Waals surface area contributed by atoms with Gasteiger partial charge < -0.3 is 5.11 Å². The van der Waals surface area contributed by atoms with Crippen molar-refractivity contribution < 1.29 is 9.90 Å². The predicted molar refractivity (Wildman–Crippen MR) is 87.8 cm³/mol. The van der Waals surface area contributed by atoms with Crippen molar-refractivity contribution in [1.29, 1.82) is 0 Å². The molecule has 4 nitrogen and oxygen atoms in total. The largest absolute Gasteiger partial charge is 0.481 e. The van der Waals surface area contributed by atoms with Gasteiger partial charge in [-0.15, -0.1) is 0 Å². The highest BCUT2D eigenvalue weighted by Crippen LogP contribution is 2.15. The van der Waals surface area contributed by atoms with E-state index in [2.05, 4.69) is 22.1 Å². The number of unbranched alkanes of at least 4 members (excludes halogenated alkanes) is 6. The molecule has 0 unspecified atom stereocenters. The Labute approximate surface area is 131 Å². The molecule has 2 rings (SSSR count). The van der Waals surface area contributed by atoms with Crippen LogP contribution < -0.4 is 0 Å². The first-order valence-electron chi connectivity index (χ1n) is 8.17. The van der Waals surface area contributed by atoms with E-state index in [0.29, 0.717) is 6.42 Å². The second kappa shape index (κ2) is 9.13. The van der Waals surface area contributed by atoms with Gasteiger partial charge in [-0.2, -0.15) is 0 Å². The summed E-state index contributed by atoms with van der Waals surface area (Å²) in [6.07, 6.45) is 12.7.